The maximum Gasteiger partial charge on any atom is 0.169 e. The van der Waals surface area contributed by atoms with E-state index in [0.29, 0.717) is 12.0 Å². The zero-order chi connectivity index (χ0) is 12.0. The fraction of sp³-hybridized carbons (Fsp3) is 0.357. The van der Waals surface area contributed by atoms with Crippen molar-refractivity contribution in [3.63, 3.8) is 0 Å². The molecule has 0 radical (unpaired) electrons. The molecule has 0 bridgehead atoms. The SMILES string of the molecule is CC1C(=O)CCC1c1cc2cccc(F)c2o1. The molecule has 1 saturated carbocycles. The van der Waals surface area contributed by atoms with E-state index in [1.54, 1.807) is 6.07 Å². The number of para-hydroxylation sites is 1. The molecule has 3 heteroatoms. The number of fused-ring (bicyclic) bond motifs is 1. The van der Waals surface area contributed by atoms with Crippen molar-refractivity contribution < 1.29 is 13.6 Å². The van der Waals surface area contributed by atoms with Crippen LogP contribution in [-0.4, -0.2) is 5.78 Å². The molecule has 2 aromatic rings. The predicted molar refractivity (Wildman–Crippen MR) is 62.3 cm³/mol. The summed E-state index contributed by atoms with van der Waals surface area (Å²) in [4.78, 5) is 11.5. The molecule has 0 N–H and O–H groups in total. The van der Waals surface area contributed by atoms with Crippen molar-refractivity contribution in [1.82, 2.24) is 0 Å². The van der Waals surface area contributed by atoms with Gasteiger partial charge in [-0.1, -0.05) is 19.1 Å². The van der Waals surface area contributed by atoms with Crippen LogP contribution < -0.4 is 0 Å². The normalized spacial score (nSPS) is 24.7. The zero-order valence-corrected chi connectivity index (χ0v) is 9.57. The van der Waals surface area contributed by atoms with E-state index in [4.69, 9.17) is 4.42 Å². The second kappa shape index (κ2) is 3.69. The van der Waals surface area contributed by atoms with Gasteiger partial charge < -0.3 is 4.42 Å². The number of halogens is 1. The fourth-order valence-electron chi connectivity index (χ4n) is 2.62. The van der Waals surface area contributed by atoms with Crippen LogP contribution in [-0.2, 0) is 4.79 Å². The highest BCUT2D eigenvalue weighted by Gasteiger charge is 2.34. The van der Waals surface area contributed by atoms with E-state index in [-0.39, 0.29) is 23.4 Å². The molecule has 0 spiro atoms. The fourth-order valence-corrected chi connectivity index (χ4v) is 2.62. The third-order valence-corrected chi connectivity index (χ3v) is 3.69. The first-order chi connectivity index (χ1) is 8.16. The first-order valence-corrected chi connectivity index (χ1v) is 5.87. The van der Waals surface area contributed by atoms with E-state index in [1.165, 1.54) is 6.07 Å². The van der Waals surface area contributed by atoms with E-state index in [9.17, 15) is 9.18 Å². The van der Waals surface area contributed by atoms with Crippen molar-refractivity contribution in [2.45, 2.75) is 25.7 Å². The van der Waals surface area contributed by atoms with Gasteiger partial charge in [0, 0.05) is 23.6 Å². The van der Waals surface area contributed by atoms with Gasteiger partial charge in [-0.3, -0.25) is 4.79 Å². The number of carbonyl (C=O) groups is 1. The summed E-state index contributed by atoms with van der Waals surface area (Å²) in [6, 6.07) is 6.74. The number of ketones is 1. The van der Waals surface area contributed by atoms with Crippen molar-refractivity contribution in [2.24, 2.45) is 5.92 Å². The van der Waals surface area contributed by atoms with Gasteiger partial charge in [-0.05, 0) is 18.6 Å². The molecule has 1 heterocycles. The van der Waals surface area contributed by atoms with Crippen LogP contribution in [0.4, 0.5) is 4.39 Å². The molecule has 1 aromatic heterocycles. The first kappa shape index (κ1) is 10.5. The van der Waals surface area contributed by atoms with E-state index in [1.807, 2.05) is 19.1 Å². The van der Waals surface area contributed by atoms with Crippen LogP contribution in [0.15, 0.2) is 28.7 Å². The second-order valence-electron chi connectivity index (χ2n) is 4.71. The summed E-state index contributed by atoms with van der Waals surface area (Å²) in [6.45, 7) is 1.92. The smallest absolute Gasteiger partial charge is 0.169 e. The summed E-state index contributed by atoms with van der Waals surface area (Å²) in [5, 5.41) is 0.770. The van der Waals surface area contributed by atoms with Crippen LogP contribution in [0, 0.1) is 11.7 Å². The molecule has 1 aromatic carbocycles. The molecule has 1 aliphatic carbocycles. The molecule has 0 saturated heterocycles. The largest absolute Gasteiger partial charge is 0.458 e. The quantitative estimate of drug-likeness (QED) is 0.751. The molecule has 3 rings (SSSR count). The number of benzene rings is 1. The van der Waals surface area contributed by atoms with E-state index in [2.05, 4.69) is 0 Å². The number of carbonyl (C=O) groups excluding carboxylic acids is 1. The van der Waals surface area contributed by atoms with Gasteiger partial charge in [-0.25, -0.2) is 4.39 Å². The molecule has 0 aliphatic heterocycles. The minimum absolute atomic E-state index is 0.0152. The molecule has 2 atom stereocenters. The summed E-state index contributed by atoms with van der Waals surface area (Å²) >= 11 is 0. The third kappa shape index (κ3) is 1.57. The lowest BCUT2D eigenvalue weighted by Crippen LogP contribution is -2.07. The van der Waals surface area contributed by atoms with Crippen molar-refractivity contribution >= 4 is 16.8 Å². The Bertz CT molecular complexity index is 585. The summed E-state index contributed by atoms with van der Waals surface area (Å²) < 4.78 is 19.1. The number of Topliss-reactive ketones (excluding diaryl/α,β-unsaturated/α-hetero) is 1. The maximum absolute atomic E-state index is 13.5. The van der Waals surface area contributed by atoms with Crippen LogP contribution in [0.5, 0.6) is 0 Å². The van der Waals surface area contributed by atoms with Crippen LogP contribution in [0.1, 0.15) is 31.4 Å². The summed E-state index contributed by atoms with van der Waals surface area (Å²) in [6.07, 6.45) is 1.41. The number of rotatable bonds is 1. The molecular formula is C14H13FO2. The minimum Gasteiger partial charge on any atom is -0.458 e. The topological polar surface area (TPSA) is 30.2 Å². The Morgan fingerprint density at radius 1 is 1.41 bits per heavy atom. The van der Waals surface area contributed by atoms with Crippen molar-refractivity contribution in [3.05, 3.63) is 35.8 Å². The Labute approximate surface area is 98.4 Å². The van der Waals surface area contributed by atoms with Crippen LogP contribution in [0.2, 0.25) is 0 Å². The Hall–Kier alpha value is -1.64. The van der Waals surface area contributed by atoms with E-state index in [0.717, 1.165) is 17.6 Å². The van der Waals surface area contributed by atoms with Gasteiger partial charge in [0.25, 0.3) is 0 Å². The van der Waals surface area contributed by atoms with Crippen LogP contribution in [0.25, 0.3) is 11.0 Å². The van der Waals surface area contributed by atoms with Gasteiger partial charge in [0.2, 0.25) is 0 Å². The molecule has 0 amide bonds. The van der Waals surface area contributed by atoms with Gasteiger partial charge in [0.15, 0.2) is 11.4 Å². The molecular weight excluding hydrogens is 219 g/mol. The monoisotopic (exact) mass is 232 g/mol. The summed E-state index contributed by atoms with van der Waals surface area (Å²) in [5.74, 6) is 0.762. The number of furan rings is 1. The van der Waals surface area contributed by atoms with Gasteiger partial charge in [-0.15, -0.1) is 0 Å². The van der Waals surface area contributed by atoms with E-state index >= 15 is 0 Å². The molecule has 2 nitrogen and oxygen atoms in total. The van der Waals surface area contributed by atoms with Crippen molar-refractivity contribution in [3.8, 4) is 0 Å². The molecule has 1 aliphatic rings. The van der Waals surface area contributed by atoms with Crippen LogP contribution >= 0.6 is 0 Å². The number of hydrogen-bond donors (Lipinski definition) is 0. The summed E-state index contributed by atoms with van der Waals surface area (Å²) in [5.41, 5.74) is 0.300. The highest BCUT2D eigenvalue weighted by Crippen LogP contribution is 2.39. The standard InChI is InChI=1S/C14H13FO2/c1-8-10(5-6-12(8)16)13-7-9-3-2-4-11(15)14(9)17-13/h2-4,7-8,10H,5-6H2,1H3. The first-order valence-electron chi connectivity index (χ1n) is 5.87. The van der Waals surface area contributed by atoms with Crippen molar-refractivity contribution in [1.29, 1.82) is 0 Å². The minimum atomic E-state index is -0.342. The lowest BCUT2D eigenvalue weighted by Gasteiger charge is -2.09. The lowest BCUT2D eigenvalue weighted by molar-refractivity contribution is -0.120. The Kier molecular flexibility index (Phi) is 2.28. The average Bonchev–Trinajstić information content (AvgIpc) is 2.85. The Morgan fingerprint density at radius 2 is 2.24 bits per heavy atom. The van der Waals surface area contributed by atoms with Crippen molar-refractivity contribution in [2.75, 3.05) is 0 Å². The third-order valence-electron chi connectivity index (χ3n) is 3.69. The molecule has 1 fully saturated rings. The molecule has 17 heavy (non-hydrogen) atoms. The lowest BCUT2D eigenvalue weighted by atomic mass is 9.95. The van der Waals surface area contributed by atoms with Gasteiger partial charge in [0.05, 0.1) is 0 Å². The Balaban J connectivity index is 2.07. The van der Waals surface area contributed by atoms with Gasteiger partial charge in [0.1, 0.15) is 11.5 Å². The molecule has 2 unspecified atom stereocenters. The van der Waals surface area contributed by atoms with Gasteiger partial charge >= 0.3 is 0 Å². The highest BCUT2D eigenvalue weighted by atomic mass is 19.1. The van der Waals surface area contributed by atoms with Crippen LogP contribution in [0.3, 0.4) is 0 Å². The zero-order valence-electron chi connectivity index (χ0n) is 9.57. The second-order valence-corrected chi connectivity index (χ2v) is 4.71. The Morgan fingerprint density at radius 3 is 2.88 bits per heavy atom. The predicted octanol–water partition coefficient (Wildman–Crippen LogP) is 3.65. The highest BCUT2D eigenvalue weighted by molar-refractivity contribution is 5.85. The maximum atomic E-state index is 13.5. The summed E-state index contributed by atoms with van der Waals surface area (Å²) in [7, 11) is 0. The average molecular weight is 232 g/mol. The number of hydrogen-bond acceptors (Lipinski definition) is 2. The van der Waals surface area contributed by atoms with Gasteiger partial charge in [-0.2, -0.15) is 0 Å². The molecule has 88 valence electrons. The van der Waals surface area contributed by atoms with E-state index < -0.39 is 0 Å².